The molecule has 0 spiro atoms. The Bertz CT molecular complexity index is 229. The van der Waals surface area contributed by atoms with Crippen molar-refractivity contribution in [3.8, 4) is 0 Å². The van der Waals surface area contributed by atoms with Crippen LogP contribution in [0.3, 0.4) is 0 Å². The highest BCUT2D eigenvalue weighted by Crippen LogP contribution is 2.33. The summed E-state index contributed by atoms with van der Waals surface area (Å²) in [7, 11) is 0. The molecule has 2 rings (SSSR count). The van der Waals surface area contributed by atoms with Crippen LogP contribution in [0, 0.1) is 17.8 Å². The monoisotopic (exact) mass is 238 g/mol. The Morgan fingerprint density at radius 3 is 2.65 bits per heavy atom. The average molecular weight is 238 g/mol. The zero-order valence-electron chi connectivity index (χ0n) is 11.9. The van der Waals surface area contributed by atoms with Crippen LogP contribution in [0.25, 0.3) is 0 Å². The van der Waals surface area contributed by atoms with Crippen molar-refractivity contribution < 1.29 is 0 Å². The minimum atomic E-state index is 0.407. The molecule has 0 radical (unpaired) electrons. The molecule has 1 saturated heterocycles. The van der Waals surface area contributed by atoms with Gasteiger partial charge in [-0.3, -0.25) is 4.90 Å². The molecule has 17 heavy (non-hydrogen) atoms. The summed E-state index contributed by atoms with van der Waals surface area (Å²) < 4.78 is 0. The molecule has 0 aromatic rings. The molecule has 5 atom stereocenters. The van der Waals surface area contributed by atoms with E-state index in [-0.39, 0.29) is 0 Å². The highest BCUT2D eigenvalue weighted by Gasteiger charge is 2.37. The predicted molar refractivity (Wildman–Crippen MR) is 73.9 cm³/mol. The minimum absolute atomic E-state index is 0.407. The van der Waals surface area contributed by atoms with E-state index in [1.807, 2.05) is 0 Å². The van der Waals surface area contributed by atoms with Gasteiger partial charge in [-0.05, 0) is 50.0 Å². The molecule has 2 heteroatoms. The van der Waals surface area contributed by atoms with Gasteiger partial charge in [-0.15, -0.1) is 0 Å². The Balaban J connectivity index is 1.99. The number of rotatable bonds is 2. The zero-order chi connectivity index (χ0) is 12.4. The van der Waals surface area contributed by atoms with Crippen molar-refractivity contribution >= 4 is 0 Å². The van der Waals surface area contributed by atoms with E-state index in [2.05, 4.69) is 25.7 Å². The average Bonchev–Trinajstić information content (AvgIpc) is 2.28. The fourth-order valence-electron chi connectivity index (χ4n) is 4.23. The fourth-order valence-corrected chi connectivity index (χ4v) is 4.23. The Labute approximate surface area is 107 Å². The summed E-state index contributed by atoms with van der Waals surface area (Å²) in [6.45, 7) is 9.69. The molecule has 1 aliphatic carbocycles. The maximum absolute atomic E-state index is 6.44. The van der Waals surface area contributed by atoms with Crippen LogP contribution in [0.2, 0.25) is 0 Å². The number of hydrogen-bond donors (Lipinski definition) is 1. The molecule has 0 aromatic heterocycles. The largest absolute Gasteiger partial charge is 0.326 e. The maximum Gasteiger partial charge on any atom is 0.0273 e. The molecule has 1 saturated carbocycles. The second kappa shape index (κ2) is 5.71. The van der Waals surface area contributed by atoms with Gasteiger partial charge in [0.15, 0.2) is 0 Å². The normalized spacial score (nSPS) is 44.8. The molecule has 0 aromatic carbocycles. The van der Waals surface area contributed by atoms with E-state index in [0.29, 0.717) is 12.1 Å². The van der Waals surface area contributed by atoms with Crippen molar-refractivity contribution in [2.45, 2.75) is 65.0 Å². The van der Waals surface area contributed by atoms with Crippen LogP contribution in [-0.4, -0.2) is 30.1 Å². The molecule has 2 nitrogen and oxygen atoms in total. The Morgan fingerprint density at radius 1 is 1.24 bits per heavy atom. The molecular weight excluding hydrogens is 208 g/mol. The Morgan fingerprint density at radius 2 is 2.00 bits per heavy atom. The van der Waals surface area contributed by atoms with Crippen LogP contribution < -0.4 is 5.73 Å². The standard InChI is InChI=1S/C15H30N2/c1-4-13-6-5-7-17(10-13)15-12(3)8-11(2)9-14(15)16/h11-15H,4-10,16H2,1-3H3. The van der Waals surface area contributed by atoms with Crippen LogP contribution in [-0.2, 0) is 0 Å². The molecule has 2 N–H and O–H groups in total. The molecule has 5 unspecified atom stereocenters. The van der Waals surface area contributed by atoms with E-state index in [1.54, 1.807) is 0 Å². The summed E-state index contributed by atoms with van der Waals surface area (Å²) in [5, 5.41) is 0. The van der Waals surface area contributed by atoms with Crippen molar-refractivity contribution in [1.82, 2.24) is 4.90 Å². The topological polar surface area (TPSA) is 29.3 Å². The predicted octanol–water partition coefficient (Wildman–Crippen LogP) is 2.87. The van der Waals surface area contributed by atoms with Gasteiger partial charge < -0.3 is 5.73 Å². The van der Waals surface area contributed by atoms with Gasteiger partial charge in [0, 0.05) is 18.6 Å². The van der Waals surface area contributed by atoms with Crippen LogP contribution in [0.15, 0.2) is 0 Å². The highest BCUT2D eigenvalue weighted by atomic mass is 15.2. The first kappa shape index (κ1) is 13.4. The lowest BCUT2D eigenvalue weighted by Crippen LogP contribution is -2.57. The van der Waals surface area contributed by atoms with Gasteiger partial charge in [0.1, 0.15) is 0 Å². The van der Waals surface area contributed by atoms with Gasteiger partial charge >= 0.3 is 0 Å². The molecule has 2 aliphatic rings. The van der Waals surface area contributed by atoms with Crippen molar-refractivity contribution in [2.24, 2.45) is 23.5 Å². The SMILES string of the molecule is CCC1CCCN(C2C(C)CC(C)CC2N)C1. The van der Waals surface area contributed by atoms with Crippen molar-refractivity contribution in [2.75, 3.05) is 13.1 Å². The number of piperidine rings is 1. The Kier molecular flexibility index (Phi) is 4.48. The third-order valence-corrected chi connectivity index (χ3v) is 5.02. The van der Waals surface area contributed by atoms with E-state index in [1.165, 1.54) is 45.2 Å². The van der Waals surface area contributed by atoms with Crippen LogP contribution in [0.4, 0.5) is 0 Å². The van der Waals surface area contributed by atoms with Crippen LogP contribution in [0.5, 0.6) is 0 Å². The highest BCUT2D eigenvalue weighted by molar-refractivity contribution is 4.93. The van der Waals surface area contributed by atoms with Crippen molar-refractivity contribution in [3.05, 3.63) is 0 Å². The molecule has 2 fully saturated rings. The lowest BCUT2D eigenvalue weighted by Gasteiger charge is -2.47. The minimum Gasteiger partial charge on any atom is -0.326 e. The number of hydrogen-bond acceptors (Lipinski definition) is 2. The summed E-state index contributed by atoms with van der Waals surface area (Å²) in [5.41, 5.74) is 6.44. The van der Waals surface area contributed by atoms with Gasteiger partial charge in [0.05, 0.1) is 0 Å². The number of likely N-dealkylation sites (tertiary alicyclic amines) is 1. The molecule has 100 valence electrons. The lowest BCUT2D eigenvalue weighted by molar-refractivity contribution is 0.0409. The third kappa shape index (κ3) is 3.03. The van der Waals surface area contributed by atoms with E-state index < -0.39 is 0 Å². The summed E-state index contributed by atoms with van der Waals surface area (Å²) in [6.07, 6.45) is 6.74. The first-order valence-electron chi connectivity index (χ1n) is 7.61. The molecule has 0 amide bonds. The van der Waals surface area contributed by atoms with Crippen molar-refractivity contribution in [3.63, 3.8) is 0 Å². The van der Waals surface area contributed by atoms with E-state index in [0.717, 1.165) is 17.8 Å². The smallest absolute Gasteiger partial charge is 0.0273 e. The second-order valence-electron chi connectivity index (χ2n) is 6.62. The summed E-state index contributed by atoms with van der Waals surface area (Å²) in [5.74, 6) is 2.52. The van der Waals surface area contributed by atoms with Gasteiger partial charge in [0.25, 0.3) is 0 Å². The lowest BCUT2D eigenvalue weighted by atomic mass is 9.75. The molecule has 0 bridgehead atoms. The van der Waals surface area contributed by atoms with Gasteiger partial charge in [0.2, 0.25) is 0 Å². The quantitative estimate of drug-likeness (QED) is 0.801. The van der Waals surface area contributed by atoms with E-state index in [4.69, 9.17) is 5.73 Å². The second-order valence-corrected chi connectivity index (χ2v) is 6.62. The zero-order valence-corrected chi connectivity index (χ0v) is 11.9. The van der Waals surface area contributed by atoms with Crippen molar-refractivity contribution in [1.29, 1.82) is 0 Å². The summed E-state index contributed by atoms with van der Waals surface area (Å²) >= 11 is 0. The van der Waals surface area contributed by atoms with Gasteiger partial charge in [-0.25, -0.2) is 0 Å². The third-order valence-electron chi connectivity index (χ3n) is 5.02. The van der Waals surface area contributed by atoms with Gasteiger partial charge in [-0.2, -0.15) is 0 Å². The molecule has 1 heterocycles. The first-order valence-corrected chi connectivity index (χ1v) is 7.61. The van der Waals surface area contributed by atoms with Crippen LogP contribution in [0.1, 0.15) is 52.9 Å². The van der Waals surface area contributed by atoms with Crippen LogP contribution >= 0.6 is 0 Å². The maximum atomic E-state index is 6.44. The number of nitrogens with zero attached hydrogens (tertiary/aromatic N) is 1. The summed E-state index contributed by atoms with van der Waals surface area (Å²) in [4.78, 5) is 2.72. The van der Waals surface area contributed by atoms with Gasteiger partial charge in [-0.1, -0.05) is 27.2 Å². The fraction of sp³-hybridized carbons (Fsp3) is 1.00. The molecular formula is C15H30N2. The van der Waals surface area contributed by atoms with E-state index >= 15 is 0 Å². The number of nitrogens with two attached hydrogens (primary N) is 1. The van der Waals surface area contributed by atoms with E-state index in [9.17, 15) is 0 Å². The Hall–Kier alpha value is -0.0800. The molecule has 1 aliphatic heterocycles. The summed E-state index contributed by atoms with van der Waals surface area (Å²) in [6, 6.07) is 1.06. The first-order chi connectivity index (χ1) is 8.11.